The lowest BCUT2D eigenvalue weighted by Crippen LogP contribution is -2.13. The largest absolute Gasteiger partial charge is 0.491 e. The molecule has 0 fully saturated rings. The average molecular weight is 301 g/mol. The van der Waals surface area contributed by atoms with E-state index >= 15 is 0 Å². The Hall–Kier alpha value is -1.94. The molecule has 2 aromatic rings. The normalized spacial score (nSPS) is 11.8. The summed E-state index contributed by atoms with van der Waals surface area (Å²) in [5.74, 6) is 0.608. The van der Waals surface area contributed by atoms with Crippen LogP contribution in [-0.2, 0) is 0 Å². The van der Waals surface area contributed by atoms with E-state index < -0.39 is 0 Å². The molecule has 3 nitrogen and oxygen atoms in total. The first kappa shape index (κ1) is 15.4. The lowest BCUT2D eigenvalue weighted by atomic mass is 10.2. The summed E-state index contributed by atoms with van der Waals surface area (Å²) in [4.78, 5) is 13.0. The maximum atomic E-state index is 12.1. The number of carbonyl (C=O) groups excluding carboxylic acids is 1. The highest BCUT2D eigenvalue weighted by Crippen LogP contribution is 2.20. The van der Waals surface area contributed by atoms with E-state index in [2.05, 4.69) is 24.9 Å². The van der Waals surface area contributed by atoms with Crippen LogP contribution in [0.1, 0.15) is 30.6 Å². The molecule has 0 spiro atoms. The van der Waals surface area contributed by atoms with Crippen molar-refractivity contribution in [2.24, 2.45) is 0 Å². The van der Waals surface area contributed by atoms with Crippen LogP contribution < -0.4 is 10.1 Å². The van der Waals surface area contributed by atoms with Gasteiger partial charge in [-0.25, -0.2) is 0 Å². The molecular formula is C17H19NO2S. The van der Waals surface area contributed by atoms with Crippen LogP contribution in [-0.4, -0.2) is 12.0 Å². The van der Waals surface area contributed by atoms with Crippen LogP contribution in [0.15, 0.2) is 53.4 Å². The minimum Gasteiger partial charge on any atom is -0.491 e. The average Bonchev–Trinajstić information content (AvgIpc) is 2.48. The standard InChI is InChI=1S/C17H19NO2S/c1-3-12(2)20-15-6-4-5-14(11-15)18-17(19)13-7-9-16(21)10-8-13/h4-12,21H,3H2,1-2H3,(H,18,19). The van der Waals surface area contributed by atoms with Crippen molar-refractivity contribution >= 4 is 24.2 Å². The van der Waals surface area contributed by atoms with Gasteiger partial charge in [0.15, 0.2) is 0 Å². The van der Waals surface area contributed by atoms with E-state index in [0.717, 1.165) is 22.8 Å². The molecule has 2 rings (SSSR count). The second-order valence-electron chi connectivity index (χ2n) is 4.87. The summed E-state index contributed by atoms with van der Waals surface area (Å²) in [5.41, 5.74) is 1.32. The van der Waals surface area contributed by atoms with Crippen molar-refractivity contribution in [3.63, 3.8) is 0 Å². The summed E-state index contributed by atoms with van der Waals surface area (Å²) in [6.07, 6.45) is 1.09. The predicted molar refractivity (Wildman–Crippen MR) is 88.5 cm³/mol. The molecule has 0 heterocycles. The molecule has 0 aliphatic carbocycles. The Morgan fingerprint density at radius 1 is 1.24 bits per heavy atom. The van der Waals surface area contributed by atoms with E-state index in [1.165, 1.54) is 0 Å². The lowest BCUT2D eigenvalue weighted by Gasteiger charge is -2.13. The van der Waals surface area contributed by atoms with Crippen LogP contribution >= 0.6 is 12.6 Å². The van der Waals surface area contributed by atoms with E-state index in [-0.39, 0.29) is 12.0 Å². The molecule has 1 N–H and O–H groups in total. The Balaban J connectivity index is 2.07. The highest BCUT2D eigenvalue weighted by atomic mass is 32.1. The van der Waals surface area contributed by atoms with Crippen molar-refractivity contribution in [2.45, 2.75) is 31.3 Å². The third-order valence-electron chi connectivity index (χ3n) is 3.13. The molecular weight excluding hydrogens is 282 g/mol. The summed E-state index contributed by atoms with van der Waals surface area (Å²) < 4.78 is 5.75. The molecule has 0 radical (unpaired) electrons. The minimum atomic E-state index is -0.149. The van der Waals surface area contributed by atoms with Gasteiger partial charge >= 0.3 is 0 Å². The van der Waals surface area contributed by atoms with Crippen molar-refractivity contribution in [3.05, 3.63) is 54.1 Å². The van der Waals surface area contributed by atoms with Crippen molar-refractivity contribution in [1.82, 2.24) is 0 Å². The quantitative estimate of drug-likeness (QED) is 0.803. The highest BCUT2D eigenvalue weighted by molar-refractivity contribution is 7.80. The van der Waals surface area contributed by atoms with E-state index in [1.807, 2.05) is 31.2 Å². The van der Waals surface area contributed by atoms with Gasteiger partial charge in [0.2, 0.25) is 0 Å². The lowest BCUT2D eigenvalue weighted by molar-refractivity contribution is 0.102. The number of nitrogens with one attached hydrogen (secondary N) is 1. The zero-order chi connectivity index (χ0) is 15.2. The van der Waals surface area contributed by atoms with Crippen molar-refractivity contribution in [2.75, 3.05) is 5.32 Å². The first-order valence-corrected chi connectivity index (χ1v) is 7.40. The fraction of sp³-hybridized carbons (Fsp3) is 0.235. The first-order valence-electron chi connectivity index (χ1n) is 6.95. The number of hydrogen-bond acceptors (Lipinski definition) is 3. The van der Waals surface area contributed by atoms with Crippen LogP contribution in [0.3, 0.4) is 0 Å². The van der Waals surface area contributed by atoms with Gasteiger partial charge in [-0.05, 0) is 49.7 Å². The van der Waals surface area contributed by atoms with Crippen LogP contribution in [0, 0.1) is 0 Å². The Bertz CT molecular complexity index is 610. The van der Waals surface area contributed by atoms with Crippen LogP contribution in [0.5, 0.6) is 5.75 Å². The second-order valence-corrected chi connectivity index (χ2v) is 5.38. The van der Waals surface area contributed by atoms with E-state index in [1.54, 1.807) is 24.3 Å². The Morgan fingerprint density at radius 2 is 1.95 bits per heavy atom. The summed E-state index contributed by atoms with van der Waals surface area (Å²) in [7, 11) is 0. The van der Waals surface area contributed by atoms with Gasteiger partial charge < -0.3 is 10.1 Å². The smallest absolute Gasteiger partial charge is 0.255 e. The third kappa shape index (κ3) is 4.53. The fourth-order valence-electron chi connectivity index (χ4n) is 1.78. The molecule has 1 unspecified atom stereocenters. The van der Waals surface area contributed by atoms with Crippen LogP contribution in [0.4, 0.5) is 5.69 Å². The number of anilines is 1. The summed E-state index contributed by atoms with van der Waals surface area (Å²) >= 11 is 4.21. The van der Waals surface area contributed by atoms with Gasteiger partial charge in [-0.2, -0.15) is 0 Å². The van der Waals surface area contributed by atoms with Crippen LogP contribution in [0.2, 0.25) is 0 Å². The summed E-state index contributed by atoms with van der Waals surface area (Å²) in [6, 6.07) is 14.5. The maximum absolute atomic E-state index is 12.1. The molecule has 4 heteroatoms. The summed E-state index contributed by atoms with van der Waals surface area (Å²) in [6.45, 7) is 4.09. The Labute approximate surface area is 130 Å². The van der Waals surface area contributed by atoms with E-state index in [0.29, 0.717) is 5.56 Å². The van der Waals surface area contributed by atoms with Crippen molar-refractivity contribution in [1.29, 1.82) is 0 Å². The predicted octanol–water partition coefficient (Wildman–Crippen LogP) is 4.40. The number of rotatable bonds is 5. The molecule has 21 heavy (non-hydrogen) atoms. The first-order chi connectivity index (χ1) is 10.1. The fourth-order valence-corrected chi connectivity index (χ4v) is 1.93. The highest BCUT2D eigenvalue weighted by Gasteiger charge is 2.07. The molecule has 110 valence electrons. The maximum Gasteiger partial charge on any atom is 0.255 e. The number of ether oxygens (including phenoxy) is 1. The molecule has 1 amide bonds. The van der Waals surface area contributed by atoms with Gasteiger partial charge in [0.05, 0.1) is 6.10 Å². The van der Waals surface area contributed by atoms with E-state index in [4.69, 9.17) is 4.74 Å². The molecule has 0 bridgehead atoms. The van der Waals surface area contributed by atoms with Crippen LogP contribution in [0.25, 0.3) is 0 Å². The van der Waals surface area contributed by atoms with Crippen molar-refractivity contribution in [3.8, 4) is 5.75 Å². The van der Waals surface area contributed by atoms with Crippen molar-refractivity contribution < 1.29 is 9.53 Å². The minimum absolute atomic E-state index is 0.149. The molecule has 1 atom stereocenters. The van der Waals surface area contributed by atoms with Gasteiger partial charge in [-0.3, -0.25) is 4.79 Å². The Kier molecular flexibility index (Phi) is 5.28. The zero-order valence-corrected chi connectivity index (χ0v) is 13.1. The Morgan fingerprint density at radius 3 is 2.62 bits per heavy atom. The number of carbonyl (C=O) groups is 1. The molecule has 0 saturated heterocycles. The van der Waals surface area contributed by atoms with Gasteiger partial charge in [0.25, 0.3) is 5.91 Å². The monoisotopic (exact) mass is 301 g/mol. The number of amides is 1. The van der Waals surface area contributed by atoms with Gasteiger partial charge in [-0.1, -0.05) is 13.0 Å². The molecule has 0 aromatic heterocycles. The molecule has 0 aliphatic rings. The topological polar surface area (TPSA) is 38.3 Å². The van der Waals surface area contributed by atoms with E-state index in [9.17, 15) is 4.79 Å². The zero-order valence-electron chi connectivity index (χ0n) is 12.2. The SMILES string of the molecule is CCC(C)Oc1cccc(NC(=O)c2ccc(S)cc2)c1. The third-order valence-corrected chi connectivity index (χ3v) is 3.43. The molecule has 0 saturated carbocycles. The van der Waals surface area contributed by atoms with Gasteiger partial charge in [0.1, 0.15) is 5.75 Å². The molecule has 0 aliphatic heterocycles. The number of hydrogen-bond donors (Lipinski definition) is 2. The number of benzene rings is 2. The second kappa shape index (κ2) is 7.18. The van der Waals surface area contributed by atoms with Gasteiger partial charge in [-0.15, -0.1) is 12.6 Å². The van der Waals surface area contributed by atoms with Gasteiger partial charge in [0, 0.05) is 22.2 Å². The number of thiol groups is 1. The molecule has 2 aromatic carbocycles. The summed E-state index contributed by atoms with van der Waals surface area (Å²) in [5, 5.41) is 2.87.